The number of thiazole rings is 1. The zero-order chi connectivity index (χ0) is 24.9. The van der Waals surface area contributed by atoms with E-state index in [0.717, 1.165) is 39.9 Å². The fourth-order valence-electron chi connectivity index (χ4n) is 4.83. The Balaban J connectivity index is 1.19. The summed E-state index contributed by atoms with van der Waals surface area (Å²) in [4.78, 5) is 32.8. The van der Waals surface area contributed by atoms with Crippen LogP contribution in [0.2, 0.25) is 0 Å². The number of rotatable bonds is 7. The number of hydrogen-bond donors (Lipinski definition) is 1. The van der Waals surface area contributed by atoms with Crippen molar-refractivity contribution < 1.29 is 14.3 Å². The van der Waals surface area contributed by atoms with Crippen molar-refractivity contribution in [1.82, 2.24) is 9.88 Å². The zero-order valence-corrected chi connectivity index (χ0v) is 21.0. The standard InChI is InChI=1S/C29H29N3O3S/c1-35-23-12-13-24-25(19-23)36-29(30-24)31-26(33)18-20-14-16-32(17-15-20)28(34)27(21-8-4-2-5-9-21)22-10-6-3-7-11-22/h2-13,19-20,27H,14-18H2,1H3,(H,30,31,33). The number of ether oxygens (including phenoxy) is 1. The van der Waals surface area contributed by atoms with Gasteiger partial charge in [-0.3, -0.25) is 9.59 Å². The third-order valence-corrected chi connectivity index (χ3v) is 7.69. The number of hydrogen-bond acceptors (Lipinski definition) is 5. The van der Waals surface area contributed by atoms with Gasteiger partial charge in [0.1, 0.15) is 5.75 Å². The zero-order valence-electron chi connectivity index (χ0n) is 20.2. The quantitative estimate of drug-likeness (QED) is 0.354. The fraction of sp³-hybridized carbons (Fsp3) is 0.276. The Labute approximate surface area is 214 Å². The highest BCUT2D eigenvalue weighted by Gasteiger charge is 2.31. The van der Waals surface area contributed by atoms with Crippen LogP contribution in [-0.4, -0.2) is 41.9 Å². The molecule has 0 bridgehead atoms. The van der Waals surface area contributed by atoms with Crippen molar-refractivity contribution in [3.63, 3.8) is 0 Å². The van der Waals surface area contributed by atoms with Crippen molar-refractivity contribution in [3.8, 4) is 5.75 Å². The molecule has 1 saturated heterocycles. The summed E-state index contributed by atoms with van der Waals surface area (Å²) in [7, 11) is 1.63. The molecule has 1 fully saturated rings. The molecule has 4 aromatic rings. The van der Waals surface area contributed by atoms with Crippen LogP contribution in [0.5, 0.6) is 5.75 Å². The van der Waals surface area contributed by atoms with Gasteiger partial charge >= 0.3 is 0 Å². The average Bonchev–Trinajstić information content (AvgIpc) is 3.31. The molecule has 2 heterocycles. The van der Waals surface area contributed by atoms with Crippen molar-refractivity contribution >= 4 is 38.5 Å². The number of anilines is 1. The van der Waals surface area contributed by atoms with Gasteiger partial charge < -0.3 is 15.0 Å². The number of fused-ring (bicyclic) bond motifs is 1. The molecule has 2 amide bonds. The summed E-state index contributed by atoms with van der Waals surface area (Å²) in [5.74, 6) is 0.796. The van der Waals surface area contributed by atoms with E-state index in [0.29, 0.717) is 24.6 Å². The van der Waals surface area contributed by atoms with Crippen molar-refractivity contribution in [2.45, 2.75) is 25.2 Å². The van der Waals surface area contributed by atoms with Gasteiger partial charge in [-0.2, -0.15) is 0 Å². The maximum absolute atomic E-state index is 13.6. The molecule has 6 nitrogen and oxygen atoms in total. The van der Waals surface area contributed by atoms with Crippen LogP contribution < -0.4 is 10.1 Å². The Kier molecular flexibility index (Phi) is 7.28. The summed E-state index contributed by atoms with van der Waals surface area (Å²) >= 11 is 1.44. The van der Waals surface area contributed by atoms with Crippen LogP contribution in [0.25, 0.3) is 10.2 Å². The summed E-state index contributed by atoms with van der Waals surface area (Å²) in [5.41, 5.74) is 2.85. The molecule has 1 aliphatic rings. The monoisotopic (exact) mass is 499 g/mol. The lowest BCUT2D eigenvalue weighted by Gasteiger charge is -2.34. The Bertz CT molecular complexity index is 1290. The maximum atomic E-state index is 13.6. The maximum Gasteiger partial charge on any atom is 0.234 e. The number of aromatic nitrogens is 1. The number of benzene rings is 3. The van der Waals surface area contributed by atoms with Gasteiger partial charge in [-0.05, 0) is 48.1 Å². The van der Waals surface area contributed by atoms with Crippen molar-refractivity contribution in [1.29, 1.82) is 0 Å². The molecular weight excluding hydrogens is 470 g/mol. The van der Waals surface area contributed by atoms with Gasteiger partial charge in [0.15, 0.2) is 5.13 Å². The Morgan fingerprint density at radius 1 is 1.00 bits per heavy atom. The average molecular weight is 500 g/mol. The number of piperidine rings is 1. The second-order valence-electron chi connectivity index (χ2n) is 9.13. The van der Waals surface area contributed by atoms with E-state index in [1.807, 2.05) is 83.8 Å². The summed E-state index contributed by atoms with van der Waals surface area (Å²) in [5, 5.41) is 3.56. The highest BCUT2D eigenvalue weighted by atomic mass is 32.1. The van der Waals surface area contributed by atoms with Crippen LogP contribution in [0.15, 0.2) is 78.9 Å². The van der Waals surface area contributed by atoms with E-state index in [-0.39, 0.29) is 23.7 Å². The lowest BCUT2D eigenvalue weighted by atomic mass is 9.88. The van der Waals surface area contributed by atoms with Crippen LogP contribution in [0.3, 0.4) is 0 Å². The number of nitrogens with one attached hydrogen (secondary N) is 1. The first-order chi connectivity index (χ1) is 17.6. The predicted octanol–water partition coefficient (Wildman–Crippen LogP) is 5.70. The summed E-state index contributed by atoms with van der Waals surface area (Å²) in [6.07, 6.45) is 2.06. The molecule has 1 N–H and O–H groups in total. The summed E-state index contributed by atoms with van der Waals surface area (Å²) in [6, 6.07) is 25.6. The van der Waals surface area contributed by atoms with Gasteiger partial charge in [-0.25, -0.2) is 4.98 Å². The first-order valence-electron chi connectivity index (χ1n) is 12.2. The summed E-state index contributed by atoms with van der Waals surface area (Å²) in [6.45, 7) is 1.32. The first-order valence-corrected chi connectivity index (χ1v) is 13.1. The van der Waals surface area contributed by atoms with E-state index in [4.69, 9.17) is 4.74 Å². The molecule has 0 saturated carbocycles. The van der Waals surface area contributed by atoms with E-state index in [1.165, 1.54) is 11.3 Å². The van der Waals surface area contributed by atoms with E-state index in [2.05, 4.69) is 10.3 Å². The highest BCUT2D eigenvalue weighted by molar-refractivity contribution is 7.22. The SMILES string of the molecule is COc1ccc2nc(NC(=O)CC3CCN(C(=O)C(c4ccccc4)c4ccccc4)CC3)sc2c1. The van der Waals surface area contributed by atoms with E-state index in [9.17, 15) is 9.59 Å². The van der Waals surface area contributed by atoms with E-state index >= 15 is 0 Å². The van der Waals surface area contributed by atoms with Crippen molar-refractivity contribution in [3.05, 3.63) is 90.0 Å². The molecule has 7 heteroatoms. The second kappa shape index (κ2) is 10.9. The highest BCUT2D eigenvalue weighted by Crippen LogP contribution is 2.31. The van der Waals surface area contributed by atoms with Crippen LogP contribution in [0.1, 0.15) is 36.3 Å². The molecule has 0 aliphatic carbocycles. The number of methoxy groups -OCH3 is 1. The van der Waals surface area contributed by atoms with Crippen LogP contribution in [-0.2, 0) is 9.59 Å². The van der Waals surface area contributed by atoms with Crippen molar-refractivity contribution in [2.75, 3.05) is 25.5 Å². The molecule has 0 atom stereocenters. The topological polar surface area (TPSA) is 71.5 Å². The second-order valence-corrected chi connectivity index (χ2v) is 10.2. The third kappa shape index (κ3) is 5.41. The Hall–Kier alpha value is -3.71. The third-order valence-electron chi connectivity index (χ3n) is 6.75. The Morgan fingerprint density at radius 2 is 1.64 bits per heavy atom. The minimum atomic E-state index is -0.315. The molecule has 0 radical (unpaired) electrons. The van der Waals surface area contributed by atoms with Crippen molar-refractivity contribution in [2.24, 2.45) is 5.92 Å². The number of carbonyl (C=O) groups is 2. The van der Waals surface area contributed by atoms with Crippen LogP contribution in [0, 0.1) is 5.92 Å². The number of amides is 2. The first kappa shape index (κ1) is 24.0. The van der Waals surface area contributed by atoms with Gasteiger partial charge in [-0.1, -0.05) is 72.0 Å². The van der Waals surface area contributed by atoms with Gasteiger partial charge in [0.05, 0.1) is 23.2 Å². The van der Waals surface area contributed by atoms with Gasteiger partial charge in [0.25, 0.3) is 0 Å². The van der Waals surface area contributed by atoms with Gasteiger partial charge in [0.2, 0.25) is 11.8 Å². The number of nitrogens with zero attached hydrogens (tertiary/aromatic N) is 2. The molecule has 1 aliphatic heterocycles. The molecule has 5 rings (SSSR count). The fourth-order valence-corrected chi connectivity index (χ4v) is 5.74. The lowest BCUT2D eigenvalue weighted by Crippen LogP contribution is -2.42. The molecular formula is C29H29N3O3S. The summed E-state index contributed by atoms with van der Waals surface area (Å²) < 4.78 is 6.24. The number of carbonyl (C=O) groups excluding carboxylic acids is 2. The van der Waals surface area contributed by atoms with Crippen LogP contribution >= 0.6 is 11.3 Å². The largest absolute Gasteiger partial charge is 0.497 e. The minimum Gasteiger partial charge on any atom is -0.497 e. The molecule has 184 valence electrons. The van der Waals surface area contributed by atoms with Gasteiger partial charge in [0, 0.05) is 19.5 Å². The van der Waals surface area contributed by atoms with Gasteiger partial charge in [-0.15, -0.1) is 0 Å². The van der Waals surface area contributed by atoms with E-state index in [1.54, 1.807) is 7.11 Å². The molecule has 1 aromatic heterocycles. The normalized spacial score (nSPS) is 14.2. The smallest absolute Gasteiger partial charge is 0.234 e. The van der Waals surface area contributed by atoms with Crippen LogP contribution in [0.4, 0.5) is 5.13 Å². The molecule has 0 unspecified atom stereocenters. The predicted molar refractivity (Wildman–Crippen MR) is 143 cm³/mol. The molecule has 0 spiro atoms. The van der Waals surface area contributed by atoms with E-state index < -0.39 is 0 Å². The molecule has 36 heavy (non-hydrogen) atoms. The minimum absolute atomic E-state index is 0.0303. The Morgan fingerprint density at radius 3 is 2.25 bits per heavy atom. The molecule has 3 aromatic carbocycles. The lowest BCUT2D eigenvalue weighted by molar-refractivity contribution is -0.133. The number of likely N-dealkylation sites (tertiary alicyclic amines) is 1.